The lowest BCUT2D eigenvalue weighted by atomic mass is 10.1. The summed E-state index contributed by atoms with van der Waals surface area (Å²) in [4.78, 5) is 14.4. The summed E-state index contributed by atoms with van der Waals surface area (Å²) >= 11 is 3.21. The molecule has 1 atom stereocenters. The predicted octanol–water partition coefficient (Wildman–Crippen LogP) is 3.92. The molecule has 0 fully saturated rings. The van der Waals surface area contributed by atoms with Gasteiger partial charge in [0.25, 0.3) is 5.91 Å². The lowest BCUT2D eigenvalue weighted by Crippen LogP contribution is -2.41. The van der Waals surface area contributed by atoms with Crippen LogP contribution < -0.4 is 0 Å². The highest BCUT2D eigenvalue weighted by molar-refractivity contribution is 9.10. The van der Waals surface area contributed by atoms with Gasteiger partial charge >= 0.3 is 0 Å². The van der Waals surface area contributed by atoms with Crippen molar-refractivity contribution in [2.24, 2.45) is 0 Å². The molecule has 3 nitrogen and oxygen atoms in total. The standard InChI is InChI=1S/C16H16BrFN2O/c1-10-3-6-15-11(2)20(8-7-19(10)15)16(21)13-5-4-12(17)9-14(13)18/h3-6,9,11H,7-8H2,1-2H3. The van der Waals surface area contributed by atoms with E-state index in [0.29, 0.717) is 11.0 Å². The molecule has 0 saturated heterocycles. The first-order valence-electron chi connectivity index (χ1n) is 6.91. The first kappa shape index (κ1) is 14.3. The second-order valence-electron chi connectivity index (χ2n) is 5.35. The summed E-state index contributed by atoms with van der Waals surface area (Å²) < 4.78 is 16.8. The Labute approximate surface area is 131 Å². The van der Waals surface area contributed by atoms with Crippen LogP contribution in [0.2, 0.25) is 0 Å². The molecule has 0 saturated carbocycles. The third-order valence-electron chi connectivity index (χ3n) is 4.12. The smallest absolute Gasteiger partial charge is 0.257 e. The quantitative estimate of drug-likeness (QED) is 0.765. The van der Waals surface area contributed by atoms with Gasteiger partial charge in [0.15, 0.2) is 0 Å². The molecule has 1 aromatic heterocycles. The lowest BCUT2D eigenvalue weighted by molar-refractivity contribution is 0.0638. The number of aromatic nitrogens is 1. The normalized spacial score (nSPS) is 17.7. The minimum absolute atomic E-state index is 0.0528. The highest BCUT2D eigenvalue weighted by Gasteiger charge is 2.30. The molecule has 21 heavy (non-hydrogen) atoms. The van der Waals surface area contributed by atoms with Crippen LogP contribution in [-0.2, 0) is 6.54 Å². The van der Waals surface area contributed by atoms with E-state index in [1.54, 1.807) is 11.0 Å². The molecule has 0 N–H and O–H groups in total. The Balaban J connectivity index is 1.93. The molecule has 1 aliphatic rings. The van der Waals surface area contributed by atoms with Crippen molar-refractivity contribution in [3.63, 3.8) is 0 Å². The Morgan fingerprint density at radius 3 is 2.76 bits per heavy atom. The fourth-order valence-electron chi connectivity index (χ4n) is 2.92. The van der Waals surface area contributed by atoms with Gasteiger partial charge in [-0.1, -0.05) is 15.9 Å². The first-order chi connectivity index (χ1) is 9.99. The molecule has 1 unspecified atom stereocenters. The van der Waals surface area contributed by atoms with Gasteiger partial charge in [0.05, 0.1) is 11.6 Å². The zero-order valence-electron chi connectivity index (χ0n) is 11.9. The summed E-state index contributed by atoms with van der Waals surface area (Å²) in [5.74, 6) is -0.740. The number of rotatable bonds is 1. The van der Waals surface area contributed by atoms with Gasteiger partial charge in [-0.25, -0.2) is 4.39 Å². The Hall–Kier alpha value is -1.62. The molecular formula is C16H16BrFN2O. The molecule has 1 aromatic carbocycles. The summed E-state index contributed by atoms with van der Waals surface area (Å²) in [5, 5.41) is 0. The van der Waals surface area contributed by atoms with Gasteiger partial charge in [0, 0.05) is 29.0 Å². The van der Waals surface area contributed by atoms with Gasteiger partial charge in [0.2, 0.25) is 0 Å². The second kappa shape index (κ2) is 5.30. The highest BCUT2D eigenvalue weighted by atomic mass is 79.9. The maximum absolute atomic E-state index is 14.0. The molecule has 0 aliphatic carbocycles. The first-order valence-corrected chi connectivity index (χ1v) is 7.70. The van der Waals surface area contributed by atoms with Crippen molar-refractivity contribution >= 4 is 21.8 Å². The van der Waals surface area contributed by atoms with Crippen LogP contribution in [0.25, 0.3) is 0 Å². The Kier molecular flexibility index (Phi) is 3.61. The second-order valence-corrected chi connectivity index (χ2v) is 6.27. The molecule has 2 aromatic rings. The van der Waals surface area contributed by atoms with E-state index >= 15 is 0 Å². The molecule has 2 heterocycles. The molecule has 110 valence electrons. The van der Waals surface area contributed by atoms with Gasteiger partial charge in [-0.15, -0.1) is 0 Å². The Morgan fingerprint density at radius 2 is 2.05 bits per heavy atom. The van der Waals surface area contributed by atoms with Gasteiger partial charge in [-0.2, -0.15) is 0 Å². The number of benzene rings is 1. The third-order valence-corrected chi connectivity index (χ3v) is 4.61. The average Bonchev–Trinajstić information content (AvgIpc) is 2.81. The van der Waals surface area contributed by atoms with Crippen LogP contribution in [0.15, 0.2) is 34.8 Å². The van der Waals surface area contributed by atoms with Gasteiger partial charge in [0.1, 0.15) is 5.82 Å². The van der Waals surface area contributed by atoms with Gasteiger partial charge < -0.3 is 9.47 Å². The maximum atomic E-state index is 14.0. The zero-order chi connectivity index (χ0) is 15.1. The SMILES string of the molecule is Cc1ccc2n1CCN(C(=O)c1ccc(Br)cc1F)C2C. The van der Waals surface area contributed by atoms with Crippen LogP contribution in [0.3, 0.4) is 0 Å². The Morgan fingerprint density at radius 1 is 1.29 bits per heavy atom. The molecule has 0 radical (unpaired) electrons. The largest absolute Gasteiger partial charge is 0.345 e. The number of nitrogens with zero attached hydrogens (tertiary/aromatic N) is 2. The molecular weight excluding hydrogens is 335 g/mol. The summed E-state index contributed by atoms with van der Waals surface area (Å²) in [6, 6.07) is 8.60. The molecule has 5 heteroatoms. The molecule has 0 bridgehead atoms. The van der Waals surface area contributed by atoms with E-state index in [4.69, 9.17) is 0 Å². The van der Waals surface area contributed by atoms with Crippen molar-refractivity contribution < 1.29 is 9.18 Å². The minimum Gasteiger partial charge on any atom is -0.345 e. The number of halogens is 2. The topological polar surface area (TPSA) is 25.2 Å². The number of fused-ring (bicyclic) bond motifs is 1. The van der Waals surface area contributed by atoms with E-state index in [1.165, 1.54) is 17.8 Å². The number of carbonyl (C=O) groups excluding carboxylic acids is 1. The highest BCUT2D eigenvalue weighted by Crippen LogP contribution is 2.29. The summed E-state index contributed by atoms with van der Waals surface area (Å²) in [6.45, 7) is 5.39. The molecule has 1 amide bonds. The van der Waals surface area contributed by atoms with Crippen molar-refractivity contribution in [2.45, 2.75) is 26.4 Å². The Bertz CT molecular complexity index is 710. The van der Waals surface area contributed by atoms with Crippen LogP contribution in [0.5, 0.6) is 0 Å². The van der Waals surface area contributed by atoms with Crippen molar-refractivity contribution in [1.29, 1.82) is 0 Å². The fourth-order valence-corrected chi connectivity index (χ4v) is 3.25. The van der Waals surface area contributed by atoms with E-state index in [0.717, 1.165) is 12.2 Å². The van der Waals surface area contributed by atoms with E-state index < -0.39 is 5.82 Å². The van der Waals surface area contributed by atoms with E-state index in [1.807, 2.05) is 13.0 Å². The van der Waals surface area contributed by atoms with Crippen molar-refractivity contribution in [3.05, 3.63) is 57.6 Å². The lowest BCUT2D eigenvalue weighted by Gasteiger charge is -2.35. The number of hydrogen-bond donors (Lipinski definition) is 0. The van der Waals surface area contributed by atoms with Crippen molar-refractivity contribution in [1.82, 2.24) is 9.47 Å². The fraction of sp³-hybridized carbons (Fsp3) is 0.312. The van der Waals surface area contributed by atoms with Gasteiger partial charge in [-0.05, 0) is 44.2 Å². The van der Waals surface area contributed by atoms with Crippen LogP contribution in [0.4, 0.5) is 4.39 Å². The molecule has 0 spiro atoms. The summed E-state index contributed by atoms with van der Waals surface area (Å²) in [6.07, 6.45) is 0. The van der Waals surface area contributed by atoms with E-state index in [9.17, 15) is 9.18 Å². The van der Waals surface area contributed by atoms with Crippen molar-refractivity contribution in [2.75, 3.05) is 6.54 Å². The van der Waals surface area contributed by atoms with E-state index in [2.05, 4.69) is 33.5 Å². The summed E-state index contributed by atoms with van der Waals surface area (Å²) in [7, 11) is 0. The van der Waals surface area contributed by atoms with Crippen LogP contribution in [0.1, 0.15) is 34.7 Å². The number of hydrogen-bond acceptors (Lipinski definition) is 1. The molecule has 1 aliphatic heterocycles. The van der Waals surface area contributed by atoms with Crippen molar-refractivity contribution in [3.8, 4) is 0 Å². The maximum Gasteiger partial charge on any atom is 0.257 e. The third kappa shape index (κ3) is 2.39. The van der Waals surface area contributed by atoms with Crippen LogP contribution in [0, 0.1) is 12.7 Å². The number of amides is 1. The average molecular weight is 351 g/mol. The van der Waals surface area contributed by atoms with E-state index in [-0.39, 0.29) is 17.5 Å². The van der Waals surface area contributed by atoms with Gasteiger partial charge in [-0.3, -0.25) is 4.79 Å². The summed E-state index contributed by atoms with van der Waals surface area (Å²) in [5.41, 5.74) is 2.42. The monoisotopic (exact) mass is 350 g/mol. The van der Waals surface area contributed by atoms with Crippen LogP contribution >= 0.6 is 15.9 Å². The number of carbonyl (C=O) groups is 1. The molecule has 3 rings (SSSR count). The predicted molar refractivity (Wildman–Crippen MR) is 82.7 cm³/mol. The zero-order valence-corrected chi connectivity index (χ0v) is 13.5. The number of aryl methyl sites for hydroxylation is 1. The van der Waals surface area contributed by atoms with Crippen LogP contribution in [-0.4, -0.2) is 21.9 Å². The minimum atomic E-state index is -0.487.